The molecule has 0 radical (unpaired) electrons. The molecule has 0 saturated heterocycles. The quantitative estimate of drug-likeness (QED) is 0.135. The molecule has 0 bridgehead atoms. The van der Waals surface area contributed by atoms with Gasteiger partial charge in [0.05, 0.1) is 5.41 Å². The van der Waals surface area contributed by atoms with Crippen LogP contribution in [0.5, 0.6) is 11.5 Å². The van der Waals surface area contributed by atoms with Gasteiger partial charge in [0.1, 0.15) is 5.82 Å². The number of ether oxygens (including phenoxy) is 1. The van der Waals surface area contributed by atoms with Crippen molar-refractivity contribution >= 4 is 33.2 Å². The molecule has 6 heteroatoms. The Kier molecular flexibility index (Phi) is 12.5. The zero-order valence-corrected chi connectivity index (χ0v) is 46.3. The summed E-state index contributed by atoms with van der Waals surface area (Å²) in [4.78, 5) is 9.26. The van der Waals surface area contributed by atoms with E-state index in [4.69, 9.17) is 9.72 Å². The van der Waals surface area contributed by atoms with E-state index in [1.807, 2.05) is 24.4 Å². The Morgan fingerprint density at radius 3 is 1.71 bits per heavy atom. The van der Waals surface area contributed by atoms with E-state index in [1.165, 1.54) is 44.5 Å². The van der Waals surface area contributed by atoms with Gasteiger partial charge in [0.25, 0.3) is 0 Å². The van der Waals surface area contributed by atoms with Crippen LogP contribution in [0.2, 0.25) is 0 Å². The second-order valence-corrected chi connectivity index (χ2v) is 22.1. The number of nitrogens with zero attached hydrogens (tertiary/aromatic N) is 4. The van der Waals surface area contributed by atoms with Gasteiger partial charge in [0.15, 0.2) is 0 Å². The number of para-hydroxylation sites is 1. The fourth-order valence-corrected chi connectivity index (χ4v) is 11.6. The summed E-state index contributed by atoms with van der Waals surface area (Å²) in [5.74, 6) is 2.03. The van der Waals surface area contributed by atoms with Crippen molar-refractivity contribution in [2.75, 3.05) is 9.80 Å². The molecule has 13 rings (SSSR count). The van der Waals surface area contributed by atoms with E-state index < -0.39 is 5.41 Å². The maximum atomic E-state index is 6.67. The predicted octanol–water partition coefficient (Wildman–Crippen LogP) is 17.8. The molecule has 0 amide bonds. The van der Waals surface area contributed by atoms with Crippen molar-refractivity contribution in [3.63, 3.8) is 0 Å². The Morgan fingerprint density at radius 1 is 0.481 bits per heavy atom. The Balaban J connectivity index is 0.00000596. The molecule has 0 atom stereocenters. The normalized spacial score (nSPS) is 13.7. The second-order valence-electron chi connectivity index (χ2n) is 22.1. The molecule has 0 fully saturated rings. The van der Waals surface area contributed by atoms with E-state index in [1.54, 1.807) is 0 Å². The molecule has 0 spiro atoms. The van der Waals surface area contributed by atoms with Gasteiger partial charge in [0.2, 0.25) is 0 Å². The van der Waals surface area contributed by atoms with Gasteiger partial charge in [0, 0.05) is 61.1 Å². The summed E-state index contributed by atoms with van der Waals surface area (Å²) in [7, 11) is 0. The third-order valence-electron chi connectivity index (χ3n) is 15.4. The van der Waals surface area contributed by atoms with Crippen molar-refractivity contribution in [3.8, 4) is 50.7 Å². The standard InChI is InChI=1S/C71H57N4O.Pt/c1-69(2,3)50-32-34-51(35-33-50)71(63-29-16-13-26-57(63)58-27-14-17-30-64(58)71)53-42-61(48-20-9-7-10-21-48)68(62(43-53)49-22-11-8-12-23-49)74-41-40-73(47-74)54-24-19-25-55(45-54)76-56-36-37-60-59-28-15-18-31-65(59)75(66(60)46-56)67-44-52(38-39-72-67)70(4,5)6;/h7-44,47H,1-6H3;/q-3;. The molecule has 1 aliphatic carbocycles. The number of fused-ring (bicyclic) bond motifs is 6. The molecular formula is C71H57N4OPt-3. The summed E-state index contributed by atoms with van der Waals surface area (Å²) >= 11 is 0. The SMILES string of the molecule is CC(C)(C)c1ccc(C2(c3cc(-c4ccccc4)c(N4C=CN(c5[c-]c(Oc6[c-]c7c(cc6)c6ccccc6n7-c6cc(C(C)(C)C)ccn6)ccc5)[CH-]4)c(-c4ccccc4)c3)c3ccccc3-c3ccccc32)cc1.[Pt]. The first kappa shape index (κ1) is 49.6. The van der Waals surface area contributed by atoms with Crippen molar-refractivity contribution in [2.45, 2.75) is 57.8 Å². The molecule has 0 N–H and O–H groups in total. The fraction of sp³-hybridized carbons (Fsp3) is 0.127. The van der Waals surface area contributed by atoms with Crippen LogP contribution in [0, 0.1) is 18.8 Å². The van der Waals surface area contributed by atoms with Gasteiger partial charge in [-0.05, 0) is 115 Å². The van der Waals surface area contributed by atoms with Crippen LogP contribution in [-0.2, 0) is 37.3 Å². The maximum Gasteiger partial charge on any atom is 0.135 e. The van der Waals surface area contributed by atoms with Crippen LogP contribution in [0.4, 0.5) is 11.4 Å². The number of benzene rings is 9. The summed E-state index contributed by atoms with van der Waals surface area (Å²) in [6.45, 7) is 15.7. The molecule has 3 heterocycles. The smallest absolute Gasteiger partial charge is 0.135 e. The van der Waals surface area contributed by atoms with Crippen molar-refractivity contribution in [1.29, 1.82) is 0 Å². The number of anilines is 2. The molecule has 1 aliphatic heterocycles. The Hall–Kier alpha value is -8.24. The first-order valence-corrected chi connectivity index (χ1v) is 26.3. The molecule has 0 unspecified atom stereocenters. The van der Waals surface area contributed by atoms with Crippen LogP contribution in [-0.4, -0.2) is 9.55 Å². The summed E-state index contributed by atoms with van der Waals surface area (Å²) in [6, 6.07) is 84.2. The van der Waals surface area contributed by atoms with Crippen LogP contribution in [0.3, 0.4) is 0 Å². The zero-order valence-electron chi connectivity index (χ0n) is 44.0. The number of pyridine rings is 1. The van der Waals surface area contributed by atoms with Crippen molar-refractivity contribution in [3.05, 3.63) is 283 Å². The summed E-state index contributed by atoms with van der Waals surface area (Å²) in [5, 5.41) is 2.22. The van der Waals surface area contributed by atoms with Crippen LogP contribution in [0.1, 0.15) is 74.9 Å². The van der Waals surface area contributed by atoms with Gasteiger partial charge < -0.3 is 19.1 Å². The molecule has 11 aromatic rings. The third kappa shape index (κ3) is 8.58. The third-order valence-corrected chi connectivity index (χ3v) is 15.4. The molecular weight excluding hydrogens is 1120 g/mol. The number of hydrogen-bond acceptors (Lipinski definition) is 4. The minimum Gasteiger partial charge on any atom is -0.509 e. The van der Waals surface area contributed by atoms with Crippen LogP contribution >= 0.6 is 0 Å². The Labute approximate surface area is 467 Å². The maximum absolute atomic E-state index is 6.67. The van der Waals surface area contributed by atoms with E-state index in [9.17, 15) is 0 Å². The first-order valence-electron chi connectivity index (χ1n) is 26.3. The number of aromatic nitrogens is 2. The van der Waals surface area contributed by atoms with Gasteiger partial charge in [-0.15, -0.1) is 48.1 Å². The number of hydrogen-bond donors (Lipinski definition) is 0. The largest absolute Gasteiger partial charge is 0.509 e. The Morgan fingerprint density at radius 2 is 1.06 bits per heavy atom. The first-order chi connectivity index (χ1) is 36.9. The van der Waals surface area contributed by atoms with Gasteiger partial charge in [-0.2, -0.15) is 12.1 Å². The molecule has 5 nitrogen and oxygen atoms in total. The number of rotatable bonds is 9. The molecule has 2 aromatic heterocycles. The van der Waals surface area contributed by atoms with E-state index in [0.29, 0.717) is 11.5 Å². The molecule has 77 heavy (non-hydrogen) atoms. The minimum absolute atomic E-state index is 0. The fourth-order valence-electron chi connectivity index (χ4n) is 11.6. The summed E-state index contributed by atoms with van der Waals surface area (Å²) in [5.41, 5.74) is 17.8. The molecule has 380 valence electrons. The second kappa shape index (κ2) is 19.4. The van der Waals surface area contributed by atoms with Gasteiger partial charge >= 0.3 is 0 Å². The minimum atomic E-state index is -0.617. The van der Waals surface area contributed by atoms with Crippen LogP contribution in [0.25, 0.3) is 61.0 Å². The van der Waals surface area contributed by atoms with E-state index in [0.717, 1.165) is 61.3 Å². The molecule has 9 aromatic carbocycles. The molecule has 2 aliphatic rings. The van der Waals surface area contributed by atoms with Gasteiger partial charge in [-0.25, -0.2) is 4.98 Å². The topological polar surface area (TPSA) is 33.5 Å². The zero-order chi connectivity index (χ0) is 51.8. The Bertz CT molecular complexity index is 3930. The van der Waals surface area contributed by atoms with Crippen molar-refractivity contribution < 1.29 is 25.8 Å². The van der Waals surface area contributed by atoms with Crippen LogP contribution < -0.4 is 14.5 Å². The monoisotopic (exact) mass is 1180 g/mol. The van der Waals surface area contributed by atoms with E-state index in [-0.39, 0.29) is 31.9 Å². The molecule has 0 saturated carbocycles. The van der Waals surface area contributed by atoms with Gasteiger partial charge in [-0.1, -0.05) is 199 Å². The van der Waals surface area contributed by atoms with Crippen molar-refractivity contribution in [2.24, 2.45) is 0 Å². The predicted molar refractivity (Wildman–Crippen MR) is 313 cm³/mol. The van der Waals surface area contributed by atoms with Crippen molar-refractivity contribution in [1.82, 2.24) is 9.55 Å². The van der Waals surface area contributed by atoms with Gasteiger partial charge in [-0.3, -0.25) is 0 Å². The average Bonchev–Trinajstić information content (AvgIpc) is 4.19. The average molecular weight is 1180 g/mol. The summed E-state index contributed by atoms with van der Waals surface area (Å²) in [6.07, 6.45) is 6.16. The van der Waals surface area contributed by atoms with E-state index in [2.05, 4.69) is 281 Å². The van der Waals surface area contributed by atoms with Crippen LogP contribution in [0.15, 0.2) is 231 Å². The summed E-state index contributed by atoms with van der Waals surface area (Å²) < 4.78 is 8.87. The van der Waals surface area contributed by atoms with E-state index >= 15 is 0 Å².